The first-order valence-corrected chi connectivity index (χ1v) is 6.33. The van der Waals surface area contributed by atoms with Gasteiger partial charge in [-0.15, -0.1) is 0 Å². The second-order valence-electron chi connectivity index (χ2n) is 5.47. The van der Waals surface area contributed by atoms with E-state index in [9.17, 15) is 5.26 Å². The third-order valence-electron chi connectivity index (χ3n) is 3.01. The second-order valence-corrected chi connectivity index (χ2v) is 5.47. The van der Waals surface area contributed by atoms with Crippen molar-refractivity contribution >= 4 is 0 Å². The maximum absolute atomic E-state index is 9.27. The van der Waals surface area contributed by atoms with Crippen molar-refractivity contribution in [3.63, 3.8) is 0 Å². The van der Waals surface area contributed by atoms with Crippen LogP contribution < -0.4 is 0 Å². The fourth-order valence-electron chi connectivity index (χ4n) is 2.06. The zero-order chi connectivity index (χ0) is 13.2. The Bertz CT molecular complexity index is 437. The molecule has 2 heteroatoms. The van der Waals surface area contributed by atoms with Crippen molar-refractivity contribution in [2.45, 2.75) is 59.3 Å². The molecule has 1 aromatic heterocycles. The molecule has 17 heavy (non-hydrogen) atoms. The molecule has 92 valence electrons. The molecule has 0 atom stereocenters. The zero-order valence-electron chi connectivity index (χ0n) is 11.7. The van der Waals surface area contributed by atoms with Crippen LogP contribution in [0.25, 0.3) is 0 Å². The number of pyridine rings is 1. The van der Waals surface area contributed by atoms with Crippen molar-refractivity contribution in [3.8, 4) is 6.07 Å². The van der Waals surface area contributed by atoms with E-state index in [1.54, 1.807) is 0 Å². The highest BCUT2D eigenvalue weighted by Gasteiger charge is 2.18. The Morgan fingerprint density at radius 1 is 1.00 bits per heavy atom. The molecular weight excluding hydrogens is 208 g/mol. The molecule has 0 bridgehead atoms. The summed E-state index contributed by atoms with van der Waals surface area (Å²) < 4.78 is 0. The lowest BCUT2D eigenvalue weighted by Crippen LogP contribution is -2.08. The Hall–Kier alpha value is -1.36. The van der Waals surface area contributed by atoms with Crippen molar-refractivity contribution in [2.75, 3.05) is 0 Å². The molecular formula is C15H22N2. The highest BCUT2D eigenvalue weighted by atomic mass is 14.7. The van der Waals surface area contributed by atoms with Crippen LogP contribution in [0, 0.1) is 11.3 Å². The van der Waals surface area contributed by atoms with Gasteiger partial charge in [0.15, 0.2) is 0 Å². The summed E-state index contributed by atoms with van der Waals surface area (Å²) in [6, 6.07) is 4.43. The third-order valence-corrected chi connectivity index (χ3v) is 3.01. The van der Waals surface area contributed by atoms with Crippen molar-refractivity contribution in [1.29, 1.82) is 5.26 Å². The Morgan fingerprint density at radius 3 is 1.94 bits per heavy atom. The predicted octanol–water partition coefficient (Wildman–Crippen LogP) is 4.32. The first-order chi connectivity index (χ1) is 7.88. The van der Waals surface area contributed by atoms with Gasteiger partial charge >= 0.3 is 0 Å². The van der Waals surface area contributed by atoms with Gasteiger partial charge in [-0.05, 0) is 34.9 Å². The lowest BCUT2D eigenvalue weighted by molar-refractivity contribution is 0.750. The first kappa shape index (κ1) is 13.7. The number of hydrogen-bond donors (Lipinski definition) is 0. The second kappa shape index (κ2) is 5.31. The van der Waals surface area contributed by atoms with E-state index < -0.39 is 0 Å². The van der Waals surface area contributed by atoms with E-state index >= 15 is 0 Å². The molecule has 1 aromatic rings. The molecule has 2 nitrogen and oxygen atoms in total. The van der Waals surface area contributed by atoms with E-state index in [4.69, 9.17) is 0 Å². The van der Waals surface area contributed by atoms with Crippen molar-refractivity contribution in [3.05, 3.63) is 28.6 Å². The summed E-state index contributed by atoms with van der Waals surface area (Å²) in [6.07, 6.45) is 0. The van der Waals surface area contributed by atoms with Gasteiger partial charge in [0.25, 0.3) is 0 Å². The maximum Gasteiger partial charge on any atom is 0.144 e. The lowest BCUT2D eigenvalue weighted by Gasteiger charge is -2.19. The van der Waals surface area contributed by atoms with Gasteiger partial charge in [0.05, 0.1) is 0 Å². The van der Waals surface area contributed by atoms with Crippen molar-refractivity contribution in [2.24, 2.45) is 0 Å². The van der Waals surface area contributed by atoms with Gasteiger partial charge in [-0.3, -0.25) is 0 Å². The van der Waals surface area contributed by atoms with Crippen molar-refractivity contribution < 1.29 is 0 Å². The van der Waals surface area contributed by atoms with E-state index in [2.05, 4.69) is 58.7 Å². The first-order valence-electron chi connectivity index (χ1n) is 6.33. The Kier molecular flexibility index (Phi) is 4.28. The maximum atomic E-state index is 9.27. The van der Waals surface area contributed by atoms with Crippen LogP contribution in [0.15, 0.2) is 6.07 Å². The minimum absolute atomic E-state index is 0.343. The van der Waals surface area contributed by atoms with Gasteiger partial charge < -0.3 is 0 Å². The van der Waals surface area contributed by atoms with Crippen LogP contribution >= 0.6 is 0 Å². The summed E-state index contributed by atoms with van der Waals surface area (Å²) >= 11 is 0. The largest absolute Gasteiger partial charge is 0.242 e. The molecule has 0 spiro atoms. The Morgan fingerprint density at radius 2 is 1.59 bits per heavy atom. The smallest absolute Gasteiger partial charge is 0.144 e. The van der Waals surface area contributed by atoms with E-state index in [1.165, 1.54) is 5.56 Å². The van der Waals surface area contributed by atoms with E-state index in [0.717, 1.165) is 11.3 Å². The number of nitrogens with zero attached hydrogens (tertiary/aromatic N) is 2. The van der Waals surface area contributed by atoms with Crippen LogP contribution in [0.5, 0.6) is 0 Å². The standard InChI is InChI=1S/C15H22N2/c1-9(2)12-7-13(10(3)4)17-14(8-16)15(12)11(5)6/h7,9-11H,1-6H3. The topological polar surface area (TPSA) is 36.7 Å². The average molecular weight is 230 g/mol. The van der Waals surface area contributed by atoms with Crippen LogP contribution in [0.2, 0.25) is 0 Å². The Balaban J connectivity index is 3.53. The summed E-state index contributed by atoms with van der Waals surface area (Å²) in [6.45, 7) is 12.8. The number of aromatic nitrogens is 1. The van der Waals surface area contributed by atoms with Gasteiger partial charge in [0.1, 0.15) is 11.8 Å². The summed E-state index contributed by atoms with van der Waals surface area (Å²) in [5.74, 6) is 1.14. The minimum atomic E-state index is 0.343. The summed E-state index contributed by atoms with van der Waals surface area (Å²) in [5.41, 5.74) is 4.02. The van der Waals surface area contributed by atoms with E-state index in [1.807, 2.05) is 0 Å². The molecule has 0 fully saturated rings. The third kappa shape index (κ3) is 2.85. The molecule has 0 saturated carbocycles. The molecule has 0 aliphatic carbocycles. The quantitative estimate of drug-likeness (QED) is 0.775. The molecule has 0 N–H and O–H groups in total. The lowest BCUT2D eigenvalue weighted by atomic mass is 9.88. The summed E-state index contributed by atoms with van der Waals surface area (Å²) in [4.78, 5) is 4.49. The van der Waals surface area contributed by atoms with Crippen LogP contribution in [-0.2, 0) is 0 Å². The van der Waals surface area contributed by atoms with Crippen LogP contribution in [0.3, 0.4) is 0 Å². The molecule has 0 radical (unpaired) electrons. The molecule has 1 rings (SSSR count). The van der Waals surface area contributed by atoms with Gasteiger partial charge in [-0.2, -0.15) is 5.26 Å². The molecule has 1 heterocycles. The van der Waals surface area contributed by atoms with Crippen LogP contribution in [0.1, 0.15) is 81.8 Å². The molecule has 0 saturated heterocycles. The zero-order valence-corrected chi connectivity index (χ0v) is 11.7. The monoisotopic (exact) mass is 230 g/mol. The van der Waals surface area contributed by atoms with Crippen LogP contribution in [-0.4, -0.2) is 4.98 Å². The molecule has 0 amide bonds. The van der Waals surface area contributed by atoms with Crippen molar-refractivity contribution in [1.82, 2.24) is 4.98 Å². The van der Waals surface area contributed by atoms with Gasteiger partial charge in [0.2, 0.25) is 0 Å². The SMILES string of the molecule is CC(C)c1cc(C(C)C)c(C(C)C)c(C#N)n1. The highest BCUT2D eigenvalue weighted by Crippen LogP contribution is 2.30. The van der Waals surface area contributed by atoms with Crippen LogP contribution in [0.4, 0.5) is 0 Å². The minimum Gasteiger partial charge on any atom is -0.242 e. The number of rotatable bonds is 3. The van der Waals surface area contributed by atoms with Gasteiger partial charge in [0, 0.05) is 5.69 Å². The van der Waals surface area contributed by atoms with E-state index in [-0.39, 0.29) is 0 Å². The molecule has 0 aliphatic heterocycles. The fraction of sp³-hybridized carbons (Fsp3) is 0.600. The normalized spacial score (nSPS) is 11.3. The number of hydrogen-bond acceptors (Lipinski definition) is 2. The molecule has 0 aliphatic rings. The fourth-order valence-corrected chi connectivity index (χ4v) is 2.06. The molecule has 0 aromatic carbocycles. The Labute approximate surface area is 105 Å². The molecule has 0 unspecified atom stereocenters. The van der Waals surface area contributed by atoms with Gasteiger partial charge in [-0.25, -0.2) is 4.98 Å². The summed E-state index contributed by atoms with van der Waals surface area (Å²) in [7, 11) is 0. The summed E-state index contributed by atoms with van der Waals surface area (Å²) in [5, 5.41) is 9.27. The van der Waals surface area contributed by atoms with E-state index in [0.29, 0.717) is 23.4 Å². The number of nitriles is 1. The predicted molar refractivity (Wildman–Crippen MR) is 71.2 cm³/mol. The van der Waals surface area contributed by atoms with Gasteiger partial charge in [-0.1, -0.05) is 41.5 Å². The highest BCUT2D eigenvalue weighted by molar-refractivity contribution is 5.43. The average Bonchev–Trinajstić information content (AvgIpc) is 2.26.